The molecule has 1 aliphatic heterocycles. The van der Waals surface area contributed by atoms with Gasteiger partial charge in [-0.2, -0.15) is 0 Å². The Morgan fingerprint density at radius 1 is 1.22 bits per heavy atom. The van der Waals surface area contributed by atoms with Gasteiger partial charge in [0.15, 0.2) is 0 Å². The first-order valence-corrected chi connectivity index (χ1v) is 3.88. The first-order valence-electron chi connectivity index (χ1n) is 3.88. The number of hydrogen-bond acceptors (Lipinski definition) is 2. The maximum atomic E-state index is 3.23. The van der Waals surface area contributed by atoms with Crippen LogP contribution >= 0.6 is 0 Å². The molecule has 1 atom stereocenters. The van der Waals surface area contributed by atoms with Crippen LogP contribution in [0.1, 0.15) is 32.6 Å². The van der Waals surface area contributed by atoms with Crippen molar-refractivity contribution in [2.24, 2.45) is 0 Å². The lowest BCUT2D eigenvalue weighted by Crippen LogP contribution is -2.40. The SMILES string of the molecule is CC1CCCCCNN1. The van der Waals surface area contributed by atoms with Crippen LogP contribution in [0.2, 0.25) is 0 Å². The standard InChI is InChI=1S/C7H16N2/c1-7-5-3-2-4-6-8-9-7/h7-9H,2-6H2,1H3. The summed E-state index contributed by atoms with van der Waals surface area (Å²) in [4.78, 5) is 0. The highest BCUT2D eigenvalue weighted by atomic mass is 15.4. The van der Waals surface area contributed by atoms with Crippen LogP contribution in [0.5, 0.6) is 0 Å². The smallest absolute Gasteiger partial charge is 0.0184 e. The summed E-state index contributed by atoms with van der Waals surface area (Å²) in [6, 6.07) is 0.658. The minimum atomic E-state index is 0.658. The first kappa shape index (κ1) is 7.03. The van der Waals surface area contributed by atoms with Gasteiger partial charge in [0, 0.05) is 12.6 Å². The average Bonchev–Trinajstić information content (AvgIpc) is 1.79. The molecule has 2 nitrogen and oxygen atoms in total. The molecule has 0 amide bonds. The van der Waals surface area contributed by atoms with Crippen LogP contribution in [0.4, 0.5) is 0 Å². The molecule has 2 heteroatoms. The maximum absolute atomic E-state index is 3.23. The summed E-state index contributed by atoms with van der Waals surface area (Å²) in [6.45, 7) is 3.35. The summed E-state index contributed by atoms with van der Waals surface area (Å²) >= 11 is 0. The monoisotopic (exact) mass is 128 g/mol. The van der Waals surface area contributed by atoms with Crippen molar-refractivity contribution in [1.29, 1.82) is 0 Å². The number of rotatable bonds is 0. The zero-order valence-corrected chi connectivity index (χ0v) is 6.11. The van der Waals surface area contributed by atoms with E-state index in [1.165, 1.54) is 25.7 Å². The Morgan fingerprint density at radius 2 is 2.11 bits per heavy atom. The van der Waals surface area contributed by atoms with Crippen molar-refractivity contribution < 1.29 is 0 Å². The Hall–Kier alpha value is -0.0800. The van der Waals surface area contributed by atoms with E-state index in [0.29, 0.717) is 6.04 Å². The quantitative estimate of drug-likeness (QED) is 0.509. The van der Waals surface area contributed by atoms with Crippen LogP contribution < -0.4 is 10.9 Å². The number of hydrogen-bond donors (Lipinski definition) is 2. The highest BCUT2D eigenvalue weighted by Crippen LogP contribution is 2.03. The predicted octanol–water partition coefficient (Wildman–Crippen LogP) is 1.04. The Labute approximate surface area is 57.0 Å². The second-order valence-corrected chi connectivity index (χ2v) is 2.82. The third kappa shape index (κ3) is 2.82. The fraction of sp³-hybridized carbons (Fsp3) is 1.00. The van der Waals surface area contributed by atoms with Gasteiger partial charge in [0.05, 0.1) is 0 Å². The second kappa shape index (κ2) is 3.85. The topological polar surface area (TPSA) is 24.1 Å². The van der Waals surface area contributed by atoms with Crippen LogP contribution in [0.15, 0.2) is 0 Å². The van der Waals surface area contributed by atoms with Gasteiger partial charge < -0.3 is 0 Å². The van der Waals surface area contributed by atoms with E-state index in [1.807, 2.05) is 0 Å². The molecule has 2 N–H and O–H groups in total. The van der Waals surface area contributed by atoms with Gasteiger partial charge in [-0.3, -0.25) is 10.9 Å². The lowest BCUT2D eigenvalue weighted by molar-refractivity contribution is 0.382. The summed E-state index contributed by atoms with van der Waals surface area (Å²) in [5.41, 5.74) is 6.42. The molecule has 0 radical (unpaired) electrons. The molecule has 54 valence electrons. The second-order valence-electron chi connectivity index (χ2n) is 2.82. The highest BCUT2D eigenvalue weighted by molar-refractivity contribution is 4.60. The number of hydrazine groups is 1. The van der Waals surface area contributed by atoms with E-state index in [2.05, 4.69) is 17.8 Å². The summed E-state index contributed by atoms with van der Waals surface area (Å²) in [7, 11) is 0. The summed E-state index contributed by atoms with van der Waals surface area (Å²) in [5, 5.41) is 0. The Bertz CT molecular complexity index is 65.3. The molecule has 1 heterocycles. The van der Waals surface area contributed by atoms with Crippen LogP contribution in [0, 0.1) is 0 Å². The molecular weight excluding hydrogens is 112 g/mol. The molecule has 0 bridgehead atoms. The molecule has 1 aliphatic rings. The van der Waals surface area contributed by atoms with Gasteiger partial charge in [-0.15, -0.1) is 0 Å². The average molecular weight is 128 g/mol. The normalized spacial score (nSPS) is 31.0. The van der Waals surface area contributed by atoms with E-state index >= 15 is 0 Å². The lowest BCUT2D eigenvalue weighted by atomic mass is 10.1. The molecule has 0 aromatic rings. The van der Waals surface area contributed by atoms with E-state index in [4.69, 9.17) is 0 Å². The van der Waals surface area contributed by atoms with Gasteiger partial charge in [0.1, 0.15) is 0 Å². The van der Waals surface area contributed by atoms with E-state index in [9.17, 15) is 0 Å². The van der Waals surface area contributed by atoms with Gasteiger partial charge in [0.2, 0.25) is 0 Å². The van der Waals surface area contributed by atoms with Gasteiger partial charge >= 0.3 is 0 Å². The van der Waals surface area contributed by atoms with Crippen LogP contribution in [-0.4, -0.2) is 12.6 Å². The summed E-state index contributed by atoms with van der Waals surface area (Å²) in [6.07, 6.45) is 5.40. The zero-order chi connectivity index (χ0) is 6.53. The van der Waals surface area contributed by atoms with Gasteiger partial charge in [0.25, 0.3) is 0 Å². The molecule has 1 saturated heterocycles. The van der Waals surface area contributed by atoms with Crippen LogP contribution in [0.25, 0.3) is 0 Å². The summed E-state index contributed by atoms with van der Waals surface area (Å²) in [5.74, 6) is 0. The van der Waals surface area contributed by atoms with Crippen molar-refractivity contribution in [2.75, 3.05) is 6.54 Å². The fourth-order valence-electron chi connectivity index (χ4n) is 1.16. The van der Waals surface area contributed by atoms with Crippen molar-refractivity contribution in [3.63, 3.8) is 0 Å². The largest absolute Gasteiger partial charge is 0.258 e. The third-order valence-corrected chi connectivity index (χ3v) is 1.79. The van der Waals surface area contributed by atoms with Crippen LogP contribution in [0.3, 0.4) is 0 Å². The minimum absolute atomic E-state index is 0.658. The number of nitrogens with one attached hydrogen (secondary N) is 2. The van der Waals surface area contributed by atoms with Crippen molar-refractivity contribution in [3.8, 4) is 0 Å². The molecule has 1 rings (SSSR count). The molecule has 1 unspecified atom stereocenters. The van der Waals surface area contributed by atoms with Gasteiger partial charge in [-0.1, -0.05) is 12.8 Å². The predicted molar refractivity (Wildman–Crippen MR) is 39.1 cm³/mol. The first-order chi connectivity index (χ1) is 4.39. The van der Waals surface area contributed by atoms with Crippen LogP contribution in [-0.2, 0) is 0 Å². The van der Waals surface area contributed by atoms with E-state index < -0.39 is 0 Å². The van der Waals surface area contributed by atoms with Gasteiger partial charge in [-0.05, 0) is 19.8 Å². The van der Waals surface area contributed by atoms with E-state index in [0.717, 1.165) is 6.54 Å². The molecule has 0 spiro atoms. The highest BCUT2D eigenvalue weighted by Gasteiger charge is 2.02. The molecule has 0 aromatic carbocycles. The van der Waals surface area contributed by atoms with Gasteiger partial charge in [-0.25, -0.2) is 0 Å². The molecule has 0 aliphatic carbocycles. The van der Waals surface area contributed by atoms with Crippen molar-refractivity contribution in [1.82, 2.24) is 10.9 Å². The van der Waals surface area contributed by atoms with Crippen molar-refractivity contribution in [2.45, 2.75) is 38.6 Å². The Kier molecular flexibility index (Phi) is 3.01. The zero-order valence-electron chi connectivity index (χ0n) is 6.11. The molecule has 0 saturated carbocycles. The fourth-order valence-corrected chi connectivity index (χ4v) is 1.16. The molecular formula is C7H16N2. The Balaban J connectivity index is 2.12. The Morgan fingerprint density at radius 3 is 3.00 bits per heavy atom. The maximum Gasteiger partial charge on any atom is 0.0184 e. The molecule has 9 heavy (non-hydrogen) atoms. The van der Waals surface area contributed by atoms with E-state index in [-0.39, 0.29) is 0 Å². The molecule has 1 fully saturated rings. The minimum Gasteiger partial charge on any atom is -0.258 e. The summed E-state index contributed by atoms with van der Waals surface area (Å²) < 4.78 is 0. The van der Waals surface area contributed by atoms with Crippen molar-refractivity contribution >= 4 is 0 Å². The third-order valence-electron chi connectivity index (χ3n) is 1.79. The molecule has 0 aromatic heterocycles. The van der Waals surface area contributed by atoms with Crippen molar-refractivity contribution in [3.05, 3.63) is 0 Å². The lowest BCUT2D eigenvalue weighted by Gasteiger charge is -2.17. The van der Waals surface area contributed by atoms with E-state index in [1.54, 1.807) is 0 Å².